The average Bonchev–Trinajstić information content (AvgIpc) is 3.16. The van der Waals surface area contributed by atoms with Crippen LogP contribution in [0.5, 0.6) is 5.75 Å². The smallest absolute Gasteiger partial charge is 0.240 e. The van der Waals surface area contributed by atoms with Crippen LogP contribution in [0.2, 0.25) is 0 Å². The average molecular weight is 390 g/mol. The summed E-state index contributed by atoms with van der Waals surface area (Å²) in [5, 5.41) is 7.85. The van der Waals surface area contributed by atoms with Crippen molar-refractivity contribution in [2.45, 2.75) is 25.9 Å². The Bertz CT molecular complexity index is 993. The van der Waals surface area contributed by atoms with Gasteiger partial charge in [-0.2, -0.15) is 5.10 Å². The fourth-order valence-corrected chi connectivity index (χ4v) is 3.66. The Morgan fingerprint density at radius 2 is 1.83 bits per heavy atom. The number of ether oxygens (including phenoxy) is 1. The number of para-hydroxylation sites is 1. The van der Waals surface area contributed by atoms with Crippen LogP contribution in [0.4, 0.5) is 0 Å². The summed E-state index contributed by atoms with van der Waals surface area (Å²) in [6.07, 6.45) is 2.07. The Balaban J connectivity index is 1.74. The number of benzene rings is 2. The molecule has 0 atom stereocenters. The summed E-state index contributed by atoms with van der Waals surface area (Å²) >= 11 is 0. The predicted molar refractivity (Wildman–Crippen MR) is 113 cm³/mol. The summed E-state index contributed by atoms with van der Waals surface area (Å²) in [4.78, 5) is 14.6. The second-order valence-corrected chi connectivity index (χ2v) is 7.75. The molecule has 0 saturated carbocycles. The standard InChI is InChI=1S/C23H26N4O2/c1-23(2)22(28)24-13-14-26(23)15-18-16-27(19-7-5-4-6-8-19)25-21(18)17-9-11-20(29-3)12-10-17/h4-12,16H,13-15H2,1-3H3,(H,24,28). The van der Waals surface area contributed by atoms with Crippen molar-refractivity contribution < 1.29 is 9.53 Å². The molecule has 1 saturated heterocycles. The first kappa shape index (κ1) is 19.2. The van der Waals surface area contributed by atoms with Crippen LogP contribution in [0, 0.1) is 0 Å². The molecular weight excluding hydrogens is 364 g/mol. The molecule has 0 aliphatic carbocycles. The third kappa shape index (κ3) is 3.76. The Morgan fingerprint density at radius 1 is 1.10 bits per heavy atom. The van der Waals surface area contributed by atoms with Crippen LogP contribution in [0.3, 0.4) is 0 Å². The molecule has 1 N–H and O–H groups in total. The van der Waals surface area contributed by atoms with Gasteiger partial charge in [0.15, 0.2) is 0 Å². The van der Waals surface area contributed by atoms with E-state index in [0.717, 1.165) is 34.8 Å². The van der Waals surface area contributed by atoms with Crippen LogP contribution in [-0.4, -0.2) is 46.3 Å². The third-order valence-corrected chi connectivity index (χ3v) is 5.55. The monoisotopic (exact) mass is 390 g/mol. The molecular formula is C23H26N4O2. The van der Waals surface area contributed by atoms with Gasteiger partial charge in [-0.05, 0) is 50.2 Å². The van der Waals surface area contributed by atoms with Gasteiger partial charge in [-0.15, -0.1) is 0 Å². The van der Waals surface area contributed by atoms with Gasteiger partial charge >= 0.3 is 0 Å². The number of hydrogen-bond donors (Lipinski definition) is 1. The number of carbonyl (C=O) groups excluding carboxylic acids is 1. The fourth-order valence-electron chi connectivity index (χ4n) is 3.66. The van der Waals surface area contributed by atoms with Gasteiger partial charge in [-0.3, -0.25) is 9.69 Å². The summed E-state index contributed by atoms with van der Waals surface area (Å²) < 4.78 is 7.20. The molecule has 29 heavy (non-hydrogen) atoms. The first-order valence-corrected chi connectivity index (χ1v) is 9.81. The van der Waals surface area contributed by atoms with Gasteiger partial charge in [-0.25, -0.2) is 4.68 Å². The molecule has 2 aromatic carbocycles. The lowest BCUT2D eigenvalue weighted by Crippen LogP contribution is -2.61. The van der Waals surface area contributed by atoms with Crippen LogP contribution in [-0.2, 0) is 11.3 Å². The second kappa shape index (κ2) is 7.72. The van der Waals surface area contributed by atoms with Crippen molar-refractivity contribution in [1.29, 1.82) is 0 Å². The van der Waals surface area contributed by atoms with Gasteiger partial charge in [0.1, 0.15) is 5.75 Å². The largest absolute Gasteiger partial charge is 0.497 e. The molecule has 3 aromatic rings. The molecule has 0 spiro atoms. The number of methoxy groups -OCH3 is 1. The van der Waals surface area contributed by atoms with Crippen molar-refractivity contribution in [2.75, 3.05) is 20.2 Å². The quantitative estimate of drug-likeness (QED) is 0.727. The molecule has 1 aliphatic rings. The topological polar surface area (TPSA) is 59.4 Å². The number of nitrogens with zero attached hydrogens (tertiary/aromatic N) is 3. The van der Waals surface area contributed by atoms with Gasteiger partial charge in [0.25, 0.3) is 0 Å². The Kier molecular flexibility index (Phi) is 5.11. The van der Waals surface area contributed by atoms with Crippen LogP contribution in [0.1, 0.15) is 19.4 Å². The summed E-state index contributed by atoms with van der Waals surface area (Å²) in [6, 6.07) is 18.0. The number of hydrogen-bond acceptors (Lipinski definition) is 4. The summed E-state index contributed by atoms with van der Waals surface area (Å²) in [6.45, 7) is 6.05. The van der Waals surface area contributed by atoms with E-state index in [1.54, 1.807) is 7.11 Å². The zero-order valence-corrected chi connectivity index (χ0v) is 17.1. The highest BCUT2D eigenvalue weighted by Crippen LogP contribution is 2.29. The lowest BCUT2D eigenvalue weighted by Gasteiger charge is -2.41. The SMILES string of the molecule is COc1ccc(-c2nn(-c3ccccc3)cc2CN2CCNC(=O)C2(C)C)cc1. The molecule has 1 aliphatic heterocycles. The molecule has 0 radical (unpaired) electrons. The van der Waals surface area contributed by atoms with Gasteiger partial charge in [-0.1, -0.05) is 18.2 Å². The third-order valence-electron chi connectivity index (χ3n) is 5.55. The van der Waals surface area contributed by atoms with Crippen LogP contribution in [0.25, 0.3) is 16.9 Å². The van der Waals surface area contributed by atoms with E-state index in [-0.39, 0.29) is 5.91 Å². The van der Waals surface area contributed by atoms with E-state index < -0.39 is 5.54 Å². The van der Waals surface area contributed by atoms with Crippen molar-refractivity contribution in [3.8, 4) is 22.7 Å². The minimum absolute atomic E-state index is 0.0604. The lowest BCUT2D eigenvalue weighted by molar-refractivity contribution is -0.135. The van der Waals surface area contributed by atoms with Crippen molar-refractivity contribution in [2.24, 2.45) is 0 Å². The maximum Gasteiger partial charge on any atom is 0.240 e. The minimum atomic E-state index is -0.565. The number of amides is 1. The highest BCUT2D eigenvalue weighted by molar-refractivity contribution is 5.86. The van der Waals surface area contributed by atoms with Crippen LogP contribution < -0.4 is 10.1 Å². The molecule has 1 amide bonds. The first-order valence-electron chi connectivity index (χ1n) is 9.81. The van der Waals surface area contributed by atoms with Crippen LogP contribution >= 0.6 is 0 Å². The number of rotatable bonds is 5. The van der Waals surface area contributed by atoms with Gasteiger partial charge in [0, 0.05) is 37.0 Å². The van der Waals surface area contributed by atoms with E-state index >= 15 is 0 Å². The second-order valence-electron chi connectivity index (χ2n) is 7.75. The van der Waals surface area contributed by atoms with E-state index in [1.165, 1.54) is 0 Å². The van der Waals surface area contributed by atoms with E-state index in [4.69, 9.17) is 9.84 Å². The van der Waals surface area contributed by atoms with E-state index in [0.29, 0.717) is 13.1 Å². The molecule has 6 nitrogen and oxygen atoms in total. The molecule has 2 heterocycles. The van der Waals surface area contributed by atoms with E-state index in [1.807, 2.05) is 73.1 Å². The number of aromatic nitrogens is 2. The van der Waals surface area contributed by atoms with Crippen molar-refractivity contribution in [3.05, 3.63) is 66.4 Å². The molecule has 150 valence electrons. The minimum Gasteiger partial charge on any atom is -0.497 e. The Labute approximate surface area is 171 Å². The van der Waals surface area contributed by atoms with Crippen molar-refractivity contribution in [3.63, 3.8) is 0 Å². The Hall–Kier alpha value is -3.12. The molecule has 0 bridgehead atoms. The predicted octanol–water partition coefficient (Wildman–Crippen LogP) is 3.26. The molecule has 1 fully saturated rings. The first-order chi connectivity index (χ1) is 14.0. The molecule has 0 unspecified atom stereocenters. The Morgan fingerprint density at radius 3 is 2.52 bits per heavy atom. The number of piperazine rings is 1. The molecule has 4 rings (SSSR count). The summed E-state index contributed by atoms with van der Waals surface area (Å²) in [5.41, 5.74) is 3.46. The molecule has 6 heteroatoms. The van der Waals surface area contributed by atoms with Gasteiger partial charge < -0.3 is 10.1 Å². The summed E-state index contributed by atoms with van der Waals surface area (Å²) in [7, 11) is 1.66. The number of carbonyl (C=O) groups is 1. The number of nitrogens with one attached hydrogen (secondary N) is 1. The zero-order valence-electron chi connectivity index (χ0n) is 17.1. The highest BCUT2D eigenvalue weighted by Gasteiger charge is 2.38. The normalized spacial score (nSPS) is 16.4. The van der Waals surface area contributed by atoms with E-state index in [9.17, 15) is 4.79 Å². The van der Waals surface area contributed by atoms with Crippen LogP contribution in [0.15, 0.2) is 60.8 Å². The van der Waals surface area contributed by atoms with Gasteiger partial charge in [0.2, 0.25) is 5.91 Å². The van der Waals surface area contributed by atoms with Gasteiger partial charge in [0.05, 0.1) is 24.0 Å². The summed E-state index contributed by atoms with van der Waals surface area (Å²) in [5.74, 6) is 0.872. The zero-order chi connectivity index (χ0) is 20.4. The van der Waals surface area contributed by atoms with E-state index in [2.05, 4.69) is 16.4 Å². The highest BCUT2D eigenvalue weighted by atomic mass is 16.5. The maximum absolute atomic E-state index is 12.4. The fraction of sp³-hybridized carbons (Fsp3) is 0.304. The lowest BCUT2D eigenvalue weighted by atomic mass is 9.97. The molecule has 1 aromatic heterocycles. The van der Waals surface area contributed by atoms with Crippen molar-refractivity contribution in [1.82, 2.24) is 20.0 Å². The maximum atomic E-state index is 12.4. The van der Waals surface area contributed by atoms with Crippen molar-refractivity contribution >= 4 is 5.91 Å².